The zero-order chi connectivity index (χ0) is 48.1. The molecular weight excluding hydrogens is 846 g/mol. The lowest BCUT2D eigenvalue weighted by Crippen LogP contribution is -2.29. The first-order valence-electron chi connectivity index (χ1n) is 28.3. The van der Waals surface area contributed by atoms with E-state index < -0.39 is 26.5 Å². The minimum Gasteiger partial charge on any atom is -0.462 e. The summed E-state index contributed by atoms with van der Waals surface area (Å²) in [4.78, 5) is 35.1. The minimum atomic E-state index is -4.38. The number of unbranched alkanes of at least 4 members (excludes halogenated alkanes) is 37. The predicted molar refractivity (Wildman–Crippen MR) is 280 cm³/mol. The van der Waals surface area contributed by atoms with Gasteiger partial charge in [-0.2, -0.15) is 0 Å². The maximum Gasteiger partial charge on any atom is 0.472 e. The van der Waals surface area contributed by atoms with Crippen LogP contribution in [0.4, 0.5) is 0 Å². The summed E-state index contributed by atoms with van der Waals surface area (Å²) in [6.45, 7) is 3.77. The highest BCUT2D eigenvalue weighted by Gasteiger charge is 2.26. The van der Waals surface area contributed by atoms with Crippen molar-refractivity contribution < 1.29 is 37.6 Å². The molecule has 66 heavy (non-hydrogen) atoms. The number of nitrogens with two attached hydrogens (primary N) is 1. The maximum absolute atomic E-state index is 12.7. The van der Waals surface area contributed by atoms with E-state index in [-0.39, 0.29) is 38.6 Å². The molecule has 0 saturated carbocycles. The van der Waals surface area contributed by atoms with Gasteiger partial charge in [-0.05, 0) is 64.2 Å². The van der Waals surface area contributed by atoms with Gasteiger partial charge in [0.05, 0.1) is 13.2 Å². The molecule has 0 saturated heterocycles. The second-order valence-electron chi connectivity index (χ2n) is 19.2. The molecule has 390 valence electrons. The summed E-state index contributed by atoms with van der Waals surface area (Å²) in [5, 5.41) is 0. The molecule has 0 bridgehead atoms. The first kappa shape index (κ1) is 64.5. The van der Waals surface area contributed by atoms with Crippen molar-refractivity contribution in [2.75, 3.05) is 26.4 Å². The Bertz CT molecular complexity index is 1130. The molecule has 0 aliphatic carbocycles. The van der Waals surface area contributed by atoms with E-state index in [2.05, 4.69) is 38.2 Å². The first-order valence-corrected chi connectivity index (χ1v) is 29.8. The van der Waals surface area contributed by atoms with Crippen molar-refractivity contribution in [3.05, 3.63) is 24.3 Å². The van der Waals surface area contributed by atoms with Crippen molar-refractivity contribution in [2.24, 2.45) is 5.73 Å². The van der Waals surface area contributed by atoms with E-state index in [1.54, 1.807) is 0 Å². The van der Waals surface area contributed by atoms with Crippen molar-refractivity contribution in [3.8, 4) is 0 Å². The van der Waals surface area contributed by atoms with Gasteiger partial charge in [-0.1, -0.05) is 237 Å². The van der Waals surface area contributed by atoms with E-state index in [0.29, 0.717) is 6.42 Å². The average molecular weight is 954 g/mol. The Kier molecular flexibility index (Phi) is 51.6. The molecule has 0 aliphatic heterocycles. The van der Waals surface area contributed by atoms with Gasteiger partial charge < -0.3 is 20.1 Å². The summed E-state index contributed by atoms with van der Waals surface area (Å²) in [6, 6.07) is 0. The van der Waals surface area contributed by atoms with Crippen molar-refractivity contribution in [3.63, 3.8) is 0 Å². The molecular formula is C56H108NO8P. The minimum absolute atomic E-state index is 0.0544. The van der Waals surface area contributed by atoms with Crippen LogP contribution in [0.15, 0.2) is 24.3 Å². The normalized spacial score (nSPS) is 13.2. The summed E-state index contributed by atoms with van der Waals surface area (Å²) in [5.74, 6) is -0.823. The molecule has 2 unspecified atom stereocenters. The zero-order valence-corrected chi connectivity index (χ0v) is 44.3. The number of hydrogen-bond donors (Lipinski definition) is 2. The third kappa shape index (κ3) is 51.9. The molecule has 0 aliphatic rings. The van der Waals surface area contributed by atoms with Crippen LogP contribution in [-0.4, -0.2) is 49.3 Å². The van der Waals surface area contributed by atoms with Gasteiger partial charge in [0.1, 0.15) is 6.61 Å². The van der Waals surface area contributed by atoms with Crippen molar-refractivity contribution in [2.45, 2.75) is 296 Å². The van der Waals surface area contributed by atoms with Crippen LogP contribution in [0.25, 0.3) is 0 Å². The molecule has 3 N–H and O–H groups in total. The Balaban J connectivity index is 3.91. The fourth-order valence-electron chi connectivity index (χ4n) is 8.33. The van der Waals surface area contributed by atoms with Gasteiger partial charge in [0.15, 0.2) is 6.10 Å². The number of rotatable bonds is 54. The van der Waals surface area contributed by atoms with Crippen molar-refractivity contribution >= 4 is 19.8 Å². The standard InChI is InChI=1S/C56H108NO8P/c1-3-5-7-9-11-13-15-17-19-21-22-23-24-25-26-27-28-29-30-31-32-33-35-37-39-41-43-45-47-49-56(59)65-54(53-64-66(60,61)63-51-50-57)52-62-55(58)48-46-44-42-40-38-36-34-20-18-16-14-12-10-8-6-4-2/h20-22,34,54H,3-19,23-33,35-53,57H2,1-2H3,(H,60,61)/b22-21-,34-20-. The summed E-state index contributed by atoms with van der Waals surface area (Å²) in [6.07, 6.45) is 61.0. The van der Waals surface area contributed by atoms with Crippen LogP contribution in [0.2, 0.25) is 0 Å². The lowest BCUT2D eigenvalue weighted by Gasteiger charge is -2.19. The van der Waals surface area contributed by atoms with Gasteiger partial charge in [-0.3, -0.25) is 18.6 Å². The molecule has 10 heteroatoms. The van der Waals surface area contributed by atoms with E-state index in [1.807, 2.05) is 0 Å². The lowest BCUT2D eigenvalue weighted by atomic mass is 10.0. The Morgan fingerprint density at radius 2 is 0.742 bits per heavy atom. The van der Waals surface area contributed by atoms with Crippen LogP contribution in [0, 0.1) is 0 Å². The number of allylic oxidation sites excluding steroid dienone is 4. The van der Waals surface area contributed by atoms with Gasteiger partial charge in [-0.15, -0.1) is 0 Å². The van der Waals surface area contributed by atoms with Gasteiger partial charge in [0, 0.05) is 19.4 Å². The van der Waals surface area contributed by atoms with Crippen molar-refractivity contribution in [1.29, 1.82) is 0 Å². The van der Waals surface area contributed by atoms with Gasteiger partial charge in [0.25, 0.3) is 0 Å². The van der Waals surface area contributed by atoms with Crippen molar-refractivity contribution in [1.82, 2.24) is 0 Å². The number of phosphoric ester groups is 1. The topological polar surface area (TPSA) is 134 Å². The van der Waals surface area contributed by atoms with Crippen LogP contribution in [-0.2, 0) is 32.7 Å². The highest BCUT2D eigenvalue weighted by atomic mass is 31.2. The molecule has 0 radical (unpaired) electrons. The smallest absolute Gasteiger partial charge is 0.462 e. The van der Waals surface area contributed by atoms with E-state index in [9.17, 15) is 19.0 Å². The second kappa shape index (κ2) is 52.9. The average Bonchev–Trinajstić information content (AvgIpc) is 3.31. The molecule has 9 nitrogen and oxygen atoms in total. The third-order valence-electron chi connectivity index (χ3n) is 12.6. The highest BCUT2D eigenvalue weighted by molar-refractivity contribution is 7.47. The fourth-order valence-corrected chi connectivity index (χ4v) is 9.10. The Hall–Kier alpha value is -1.51. The summed E-state index contributed by atoms with van der Waals surface area (Å²) in [7, 11) is -4.38. The summed E-state index contributed by atoms with van der Waals surface area (Å²) in [5.41, 5.74) is 5.37. The Morgan fingerprint density at radius 1 is 0.439 bits per heavy atom. The molecule has 0 aromatic rings. The molecule has 0 amide bonds. The quantitative estimate of drug-likeness (QED) is 0.0264. The maximum atomic E-state index is 12.7. The molecule has 0 fully saturated rings. The van der Waals surface area contributed by atoms with Crippen LogP contribution >= 0.6 is 7.82 Å². The first-order chi connectivity index (χ1) is 32.3. The number of esters is 2. The lowest BCUT2D eigenvalue weighted by molar-refractivity contribution is -0.161. The molecule has 0 aromatic carbocycles. The van der Waals surface area contributed by atoms with E-state index in [0.717, 1.165) is 51.4 Å². The molecule has 0 heterocycles. The fraction of sp³-hybridized carbons (Fsp3) is 0.893. The predicted octanol–water partition coefficient (Wildman–Crippen LogP) is 17.5. The van der Waals surface area contributed by atoms with Crippen LogP contribution in [0.5, 0.6) is 0 Å². The van der Waals surface area contributed by atoms with E-state index >= 15 is 0 Å². The van der Waals surface area contributed by atoms with Gasteiger partial charge in [-0.25, -0.2) is 4.57 Å². The third-order valence-corrected chi connectivity index (χ3v) is 13.5. The zero-order valence-electron chi connectivity index (χ0n) is 43.5. The van der Waals surface area contributed by atoms with Gasteiger partial charge in [0.2, 0.25) is 0 Å². The molecule has 0 aromatic heterocycles. The number of carbonyl (C=O) groups excluding carboxylic acids is 2. The number of phosphoric acid groups is 1. The van der Waals surface area contributed by atoms with E-state index in [1.165, 1.54) is 205 Å². The van der Waals surface area contributed by atoms with Crippen LogP contribution in [0.3, 0.4) is 0 Å². The number of ether oxygens (including phenoxy) is 2. The monoisotopic (exact) mass is 954 g/mol. The number of hydrogen-bond acceptors (Lipinski definition) is 8. The summed E-state index contributed by atoms with van der Waals surface area (Å²) >= 11 is 0. The van der Waals surface area contributed by atoms with Gasteiger partial charge >= 0.3 is 19.8 Å². The van der Waals surface area contributed by atoms with E-state index in [4.69, 9.17) is 24.3 Å². The highest BCUT2D eigenvalue weighted by Crippen LogP contribution is 2.43. The molecule has 0 rings (SSSR count). The Labute approximate surface area is 408 Å². The van der Waals surface area contributed by atoms with Crippen LogP contribution < -0.4 is 5.73 Å². The molecule has 2 atom stereocenters. The van der Waals surface area contributed by atoms with Crippen LogP contribution in [0.1, 0.15) is 290 Å². The SMILES string of the molecule is CCCCCCCCC/C=C\CCCCCCCC(=O)OCC(COP(=O)(O)OCCN)OC(=O)CCCCCCCCCCCCCCCCCCC/C=C\CCCCCCCCCC. The summed E-state index contributed by atoms with van der Waals surface area (Å²) < 4.78 is 33.0. The molecule has 0 spiro atoms. The number of carbonyl (C=O) groups is 2. The largest absolute Gasteiger partial charge is 0.472 e. The Morgan fingerprint density at radius 3 is 1.08 bits per heavy atom. The second-order valence-corrected chi connectivity index (χ2v) is 20.6.